The molecular weight excluding hydrogens is 432 g/mol. The Morgan fingerprint density at radius 2 is 1.84 bits per heavy atom. The molecule has 1 aliphatic rings. The lowest BCUT2D eigenvalue weighted by Crippen LogP contribution is -2.59. The Hall–Kier alpha value is -2.07. The van der Waals surface area contributed by atoms with Crippen LogP contribution >= 0.6 is 10.3 Å². The highest BCUT2D eigenvalue weighted by molar-refractivity contribution is 8.29. The average molecular weight is 471 g/mol. The van der Waals surface area contributed by atoms with Crippen LogP contribution in [-0.2, 0) is 8.92 Å². The molecule has 0 saturated carbocycles. The van der Waals surface area contributed by atoms with E-state index in [1.54, 1.807) is 12.1 Å². The molecule has 1 aliphatic heterocycles. The van der Waals surface area contributed by atoms with Crippen LogP contribution in [0.4, 0.5) is 16.3 Å². The minimum absolute atomic E-state index is 0.0167. The number of rotatable bonds is 6. The maximum atomic E-state index is 12.7. The molecule has 0 aromatic carbocycles. The summed E-state index contributed by atoms with van der Waals surface area (Å²) in [5.74, 6) is -0.158. The van der Waals surface area contributed by atoms with Crippen molar-refractivity contribution < 1.29 is 18.6 Å². The number of pyridine rings is 1. The molecule has 0 spiro atoms. The van der Waals surface area contributed by atoms with Gasteiger partial charge in [-0.2, -0.15) is 0 Å². The van der Waals surface area contributed by atoms with Gasteiger partial charge in [0.15, 0.2) is 0 Å². The Morgan fingerprint density at radius 3 is 2.34 bits per heavy atom. The van der Waals surface area contributed by atoms with Crippen LogP contribution in [0, 0.1) is 10.1 Å². The lowest BCUT2D eigenvalue weighted by atomic mass is 9.88. The van der Waals surface area contributed by atoms with E-state index >= 15 is 0 Å². The van der Waals surface area contributed by atoms with Gasteiger partial charge in [0.05, 0.1) is 12.1 Å². The van der Waals surface area contributed by atoms with E-state index in [1.165, 1.54) is 6.20 Å². The van der Waals surface area contributed by atoms with Gasteiger partial charge < -0.3 is 29.3 Å². The van der Waals surface area contributed by atoms with Gasteiger partial charge in [0.2, 0.25) is 0 Å². The maximum Gasteiger partial charge on any atom is 0.408 e. The van der Waals surface area contributed by atoms with E-state index < -0.39 is 32.5 Å². The number of nitrogens with zero attached hydrogens (tertiary/aromatic N) is 3. The summed E-state index contributed by atoms with van der Waals surface area (Å²) in [6, 6.07) is 3.41. The third-order valence-corrected chi connectivity index (χ3v) is 9.53. The number of nitrogens with one attached hydrogen (secondary N) is 1. The van der Waals surface area contributed by atoms with Crippen LogP contribution in [0.2, 0.25) is 0 Å². The van der Waals surface area contributed by atoms with E-state index in [1.807, 2.05) is 25.7 Å². The molecular formula is C22H38N4O5S. The van der Waals surface area contributed by atoms with Gasteiger partial charge in [0.25, 0.3) is 0 Å². The molecule has 0 atom stereocenters. The van der Waals surface area contributed by atoms with Crippen molar-refractivity contribution >= 4 is 27.9 Å². The summed E-state index contributed by atoms with van der Waals surface area (Å²) in [5, 5.41) is 14.5. The predicted octanol–water partition coefficient (Wildman–Crippen LogP) is 4.65. The van der Waals surface area contributed by atoms with Gasteiger partial charge in [-0.15, -0.1) is 10.3 Å². The van der Waals surface area contributed by atoms with Crippen LogP contribution in [-0.4, -0.2) is 64.1 Å². The number of carbonyl (C=O) groups excluding carboxylic acids is 1. The molecule has 32 heavy (non-hydrogen) atoms. The molecule has 1 aromatic rings. The molecule has 10 heteroatoms. The highest BCUT2D eigenvalue weighted by Gasteiger charge is 2.41. The summed E-state index contributed by atoms with van der Waals surface area (Å²) in [7, 11) is -1.39. The highest BCUT2D eigenvalue weighted by Crippen LogP contribution is 2.54. The molecule has 1 fully saturated rings. The van der Waals surface area contributed by atoms with Crippen molar-refractivity contribution in [2.24, 2.45) is 0 Å². The average Bonchev–Trinajstić information content (AvgIpc) is 2.65. The lowest BCUT2D eigenvalue weighted by Gasteiger charge is -2.48. The van der Waals surface area contributed by atoms with E-state index in [-0.39, 0.29) is 10.6 Å². The molecule has 1 N–H and O–H groups in total. The Balaban J connectivity index is 2.22. The summed E-state index contributed by atoms with van der Waals surface area (Å²) < 4.78 is 11.9. The topological polar surface area (TPSA) is 107 Å². The highest BCUT2D eigenvalue weighted by atomic mass is 32.3. The first-order valence-electron chi connectivity index (χ1n) is 10.8. The second-order valence-corrected chi connectivity index (χ2v) is 14.5. The van der Waals surface area contributed by atoms with Crippen molar-refractivity contribution in [2.45, 2.75) is 70.3 Å². The largest absolute Gasteiger partial charge is 0.444 e. The zero-order valence-corrected chi connectivity index (χ0v) is 21.4. The van der Waals surface area contributed by atoms with Crippen molar-refractivity contribution in [3.63, 3.8) is 0 Å². The number of amides is 1. The van der Waals surface area contributed by atoms with Crippen molar-refractivity contribution in [3.8, 4) is 0 Å². The van der Waals surface area contributed by atoms with E-state index in [4.69, 9.17) is 8.92 Å². The van der Waals surface area contributed by atoms with Gasteiger partial charge in [0, 0.05) is 17.8 Å². The van der Waals surface area contributed by atoms with E-state index in [2.05, 4.69) is 43.6 Å². The molecule has 0 bridgehead atoms. The van der Waals surface area contributed by atoms with Crippen LogP contribution in [0.5, 0.6) is 0 Å². The number of aromatic nitrogens is 1. The first kappa shape index (κ1) is 26.2. The van der Waals surface area contributed by atoms with Crippen LogP contribution in [0.15, 0.2) is 18.3 Å². The van der Waals surface area contributed by atoms with Crippen molar-refractivity contribution in [3.05, 3.63) is 28.4 Å². The van der Waals surface area contributed by atoms with Gasteiger partial charge in [-0.1, -0.05) is 20.8 Å². The molecule has 0 unspecified atom stereocenters. The quantitative estimate of drug-likeness (QED) is 0.476. The molecule has 1 amide bonds. The minimum atomic E-state index is -1.39. The number of piperidine rings is 1. The summed E-state index contributed by atoms with van der Waals surface area (Å²) in [6.45, 7) is 13.3. The van der Waals surface area contributed by atoms with E-state index in [0.29, 0.717) is 38.2 Å². The zero-order chi connectivity index (χ0) is 24.4. The van der Waals surface area contributed by atoms with Crippen LogP contribution < -0.4 is 10.2 Å². The van der Waals surface area contributed by atoms with Gasteiger partial charge in [-0.3, -0.25) is 0 Å². The normalized spacial score (nSPS) is 17.6. The van der Waals surface area contributed by atoms with Crippen molar-refractivity contribution in [2.75, 3.05) is 37.1 Å². The summed E-state index contributed by atoms with van der Waals surface area (Å²) >= 11 is 0. The van der Waals surface area contributed by atoms with Crippen molar-refractivity contribution in [1.29, 1.82) is 0 Å². The second-order valence-electron chi connectivity index (χ2n) is 10.6. The molecule has 1 aromatic heterocycles. The monoisotopic (exact) mass is 470 g/mol. The predicted molar refractivity (Wildman–Crippen MR) is 130 cm³/mol. The van der Waals surface area contributed by atoms with E-state index in [0.717, 1.165) is 0 Å². The van der Waals surface area contributed by atoms with Crippen molar-refractivity contribution in [1.82, 2.24) is 10.3 Å². The van der Waals surface area contributed by atoms with Crippen LogP contribution in [0.1, 0.15) is 54.4 Å². The van der Waals surface area contributed by atoms with Gasteiger partial charge in [-0.05, 0) is 68.2 Å². The third kappa shape index (κ3) is 6.71. The number of hydrogen-bond acceptors (Lipinski definition) is 7. The summed E-state index contributed by atoms with van der Waals surface area (Å²) in [6.07, 6.45) is 6.33. The number of carbonyl (C=O) groups is 1. The van der Waals surface area contributed by atoms with Gasteiger partial charge in [0.1, 0.15) is 17.5 Å². The molecule has 1 saturated heterocycles. The Kier molecular flexibility index (Phi) is 7.71. The van der Waals surface area contributed by atoms with Crippen LogP contribution in [0.3, 0.4) is 0 Å². The third-order valence-electron chi connectivity index (χ3n) is 5.87. The Morgan fingerprint density at radius 1 is 1.25 bits per heavy atom. The fraction of sp³-hybridized carbons (Fsp3) is 0.727. The number of hydrogen-bond donors (Lipinski definition) is 1. The number of alkyl carbamates (subject to hydrolysis) is 1. The molecule has 9 nitrogen and oxygen atoms in total. The smallest absolute Gasteiger partial charge is 0.408 e. The second kappa shape index (κ2) is 9.43. The minimum Gasteiger partial charge on any atom is -0.444 e. The molecule has 0 aliphatic carbocycles. The fourth-order valence-electron chi connectivity index (χ4n) is 3.21. The molecule has 2 heterocycles. The fourth-order valence-corrected chi connectivity index (χ4v) is 4.09. The SMILES string of the molecule is CC(C)(C)OC(=O)NC1(COS(C)(C)C(C)(C)C)CCN(c2cccnc2[N+](=O)[O-])CC1. The lowest BCUT2D eigenvalue weighted by molar-refractivity contribution is -0.388. The standard InChI is InChI=1S/C22H38N4O5S/c1-20(2,3)31-19(27)24-22(16-30-32(7,8)21(4,5)6)11-14-25(15-12-22)17-10-9-13-23-18(17)26(28)29/h9-10,13H,11-12,14-16H2,1-8H3,(H,24,27). The summed E-state index contributed by atoms with van der Waals surface area (Å²) in [4.78, 5) is 29.5. The number of nitro groups is 1. The zero-order valence-electron chi connectivity index (χ0n) is 20.6. The maximum absolute atomic E-state index is 12.7. The van der Waals surface area contributed by atoms with E-state index in [9.17, 15) is 14.9 Å². The van der Waals surface area contributed by atoms with Gasteiger partial charge >= 0.3 is 11.9 Å². The molecule has 182 valence electrons. The number of ether oxygens (including phenoxy) is 1. The first-order chi connectivity index (χ1) is 14.6. The molecule has 2 rings (SSSR count). The Labute approximate surface area is 192 Å². The number of anilines is 1. The Bertz CT molecular complexity index is 824. The van der Waals surface area contributed by atoms with Crippen LogP contribution in [0.25, 0.3) is 0 Å². The first-order valence-corrected chi connectivity index (χ1v) is 13.2. The molecule has 0 radical (unpaired) electrons. The van der Waals surface area contributed by atoms with Gasteiger partial charge in [-0.25, -0.2) is 4.79 Å². The summed E-state index contributed by atoms with van der Waals surface area (Å²) in [5.41, 5.74) is -0.741.